The molecule has 0 aliphatic rings. The van der Waals surface area contributed by atoms with Gasteiger partial charge in [0.2, 0.25) is 5.91 Å². The molecule has 24 heavy (non-hydrogen) atoms. The van der Waals surface area contributed by atoms with Crippen molar-refractivity contribution in [3.05, 3.63) is 59.2 Å². The van der Waals surface area contributed by atoms with Crippen molar-refractivity contribution in [1.82, 2.24) is 5.32 Å². The molecule has 0 spiro atoms. The number of nitrogens with one attached hydrogen (secondary N) is 2. The van der Waals surface area contributed by atoms with Crippen LogP contribution in [0.15, 0.2) is 42.5 Å². The van der Waals surface area contributed by atoms with Crippen LogP contribution in [0.2, 0.25) is 0 Å². The molecule has 5 heteroatoms. The van der Waals surface area contributed by atoms with Gasteiger partial charge >= 0.3 is 0 Å². The number of rotatable bonds is 6. The Kier molecular flexibility index (Phi) is 5.95. The molecule has 0 atom stereocenters. The molecule has 2 amide bonds. The van der Waals surface area contributed by atoms with Crippen LogP contribution in [0, 0.1) is 13.8 Å². The second-order valence-electron chi connectivity index (χ2n) is 5.57. The number of carbonyl (C=O) groups excluding carboxylic acids is 2. The first-order valence-electron chi connectivity index (χ1n) is 7.81. The van der Waals surface area contributed by atoms with Crippen molar-refractivity contribution < 1.29 is 14.3 Å². The molecule has 0 aromatic heterocycles. The average molecular weight is 326 g/mol. The molecule has 0 fully saturated rings. The number of anilines is 1. The van der Waals surface area contributed by atoms with E-state index in [9.17, 15) is 9.59 Å². The largest absolute Gasteiger partial charge is 0.493 e. The van der Waals surface area contributed by atoms with E-state index in [0.717, 1.165) is 11.3 Å². The minimum atomic E-state index is -0.158. The van der Waals surface area contributed by atoms with E-state index >= 15 is 0 Å². The van der Waals surface area contributed by atoms with Crippen molar-refractivity contribution in [2.24, 2.45) is 0 Å². The number of carbonyl (C=O) groups is 2. The van der Waals surface area contributed by atoms with Crippen LogP contribution in [0.3, 0.4) is 0 Å². The third-order valence-corrected chi connectivity index (χ3v) is 3.58. The van der Waals surface area contributed by atoms with Gasteiger partial charge in [0.15, 0.2) is 0 Å². The Morgan fingerprint density at radius 3 is 2.38 bits per heavy atom. The Hall–Kier alpha value is -2.82. The lowest BCUT2D eigenvalue weighted by atomic mass is 10.1. The van der Waals surface area contributed by atoms with Crippen molar-refractivity contribution in [3.8, 4) is 5.75 Å². The molecule has 2 N–H and O–H groups in total. The summed E-state index contributed by atoms with van der Waals surface area (Å²) in [5.41, 5.74) is 3.44. The number of amides is 2. The van der Waals surface area contributed by atoms with E-state index in [4.69, 9.17) is 4.74 Å². The first kappa shape index (κ1) is 17.5. The molecule has 0 aliphatic heterocycles. The van der Waals surface area contributed by atoms with Gasteiger partial charge in [-0.05, 0) is 49.7 Å². The Labute approximate surface area is 142 Å². The highest BCUT2D eigenvalue weighted by Gasteiger charge is 2.06. The van der Waals surface area contributed by atoms with Gasteiger partial charge in [-0.25, -0.2) is 0 Å². The van der Waals surface area contributed by atoms with Gasteiger partial charge in [0.25, 0.3) is 5.91 Å². The van der Waals surface area contributed by atoms with Crippen molar-refractivity contribution in [1.29, 1.82) is 0 Å². The predicted molar refractivity (Wildman–Crippen MR) is 94.5 cm³/mol. The number of ether oxygens (including phenoxy) is 1. The summed E-state index contributed by atoms with van der Waals surface area (Å²) >= 11 is 0. The first-order valence-corrected chi connectivity index (χ1v) is 7.81. The number of aryl methyl sites for hydroxylation is 2. The SMILES string of the molecule is CNC(=O)c1ccc(NC(=O)CCOc2ccc(C)cc2C)cc1. The minimum absolute atomic E-state index is 0.132. The third kappa shape index (κ3) is 4.84. The number of hydrogen-bond acceptors (Lipinski definition) is 3. The Balaban J connectivity index is 1.81. The van der Waals surface area contributed by atoms with Gasteiger partial charge in [0.05, 0.1) is 13.0 Å². The Morgan fingerprint density at radius 2 is 1.75 bits per heavy atom. The molecular weight excluding hydrogens is 304 g/mol. The van der Waals surface area contributed by atoms with Crippen molar-refractivity contribution in [2.75, 3.05) is 19.0 Å². The van der Waals surface area contributed by atoms with E-state index in [2.05, 4.69) is 10.6 Å². The lowest BCUT2D eigenvalue weighted by Crippen LogP contribution is -2.18. The van der Waals surface area contributed by atoms with Gasteiger partial charge in [0, 0.05) is 18.3 Å². The van der Waals surface area contributed by atoms with Crippen LogP contribution in [0.25, 0.3) is 0 Å². The quantitative estimate of drug-likeness (QED) is 0.857. The van der Waals surface area contributed by atoms with Crippen LogP contribution in [-0.2, 0) is 4.79 Å². The van der Waals surface area contributed by atoms with Crippen LogP contribution >= 0.6 is 0 Å². The molecule has 2 aromatic carbocycles. The maximum atomic E-state index is 11.9. The summed E-state index contributed by atoms with van der Waals surface area (Å²) in [4.78, 5) is 23.4. The zero-order valence-corrected chi connectivity index (χ0v) is 14.2. The highest BCUT2D eigenvalue weighted by Crippen LogP contribution is 2.19. The first-order chi connectivity index (χ1) is 11.5. The summed E-state index contributed by atoms with van der Waals surface area (Å²) in [5, 5.41) is 5.34. The van der Waals surface area contributed by atoms with Gasteiger partial charge in [-0.15, -0.1) is 0 Å². The van der Waals surface area contributed by atoms with Crippen LogP contribution < -0.4 is 15.4 Å². The predicted octanol–water partition coefficient (Wildman–Crippen LogP) is 3.07. The van der Waals surface area contributed by atoms with E-state index in [1.165, 1.54) is 5.56 Å². The normalized spacial score (nSPS) is 10.1. The van der Waals surface area contributed by atoms with E-state index in [1.807, 2.05) is 32.0 Å². The summed E-state index contributed by atoms with van der Waals surface area (Å²) in [6, 6.07) is 12.7. The standard InChI is InChI=1S/C19H22N2O3/c1-13-4-9-17(14(2)12-13)24-11-10-18(22)21-16-7-5-15(6-8-16)19(23)20-3/h4-9,12H,10-11H2,1-3H3,(H,20,23)(H,21,22). The second-order valence-corrected chi connectivity index (χ2v) is 5.57. The highest BCUT2D eigenvalue weighted by molar-refractivity contribution is 5.95. The van der Waals surface area contributed by atoms with E-state index in [0.29, 0.717) is 17.9 Å². The average Bonchev–Trinajstić information content (AvgIpc) is 2.57. The minimum Gasteiger partial charge on any atom is -0.493 e. The third-order valence-electron chi connectivity index (χ3n) is 3.58. The summed E-state index contributed by atoms with van der Waals surface area (Å²) in [6.07, 6.45) is 0.254. The van der Waals surface area contributed by atoms with Gasteiger partial charge in [-0.3, -0.25) is 9.59 Å². The molecule has 0 aliphatic carbocycles. The summed E-state index contributed by atoms with van der Waals surface area (Å²) in [6.45, 7) is 4.32. The molecule has 0 bridgehead atoms. The zero-order valence-electron chi connectivity index (χ0n) is 14.2. The van der Waals surface area contributed by atoms with Gasteiger partial charge in [-0.2, -0.15) is 0 Å². The molecule has 2 rings (SSSR count). The number of hydrogen-bond donors (Lipinski definition) is 2. The van der Waals surface area contributed by atoms with Gasteiger partial charge in [0.1, 0.15) is 5.75 Å². The fourth-order valence-corrected chi connectivity index (χ4v) is 2.29. The Morgan fingerprint density at radius 1 is 1.04 bits per heavy atom. The maximum Gasteiger partial charge on any atom is 0.251 e. The van der Waals surface area contributed by atoms with E-state index in [-0.39, 0.29) is 18.2 Å². The van der Waals surface area contributed by atoms with Crippen molar-refractivity contribution >= 4 is 17.5 Å². The fourth-order valence-electron chi connectivity index (χ4n) is 2.29. The molecule has 0 radical (unpaired) electrons. The highest BCUT2D eigenvalue weighted by atomic mass is 16.5. The fraction of sp³-hybridized carbons (Fsp3) is 0.263. The van der Waals surface area contributed by atoms with E-state index < -0.39 is 0 Å². The molecule has 0 saturated heterocycles. The second kappa shape index (κ2) is 8.15. The molecule has 0 heterocycles. The topological polar surface area (TPSA) is 67.4 Å². The van der Waals surface area contributed by atoms with Crippen LogP contribution in [0.1, 0.15) is 27.9 Å². The van der Waals surface area contributed by atoms with Crippen LogP contribution in [0.4, 0.5) is 5.69 Å². The van der Waals surface area contributed by atoms with Crippen LogP contribution in [-0.4, -0.2) is 25.5 Å². The molecule has 5 nitrogen and oxygen atoms in total. The monoisotopic (exact) mass is 326 g/mol. The lowest BCUT2D eigenvalue weighted by Gasteiger charge is -2.10. The summed E-state index contributed by atoms with van der Waals surface area (Å²) in [5.74, 6) is 0.505. The molecule has 126 valence electrons. The molecular formula is C19H22N2O3. The number of benzene rings is 2. The molecule has 2 aromatic rings. The molecule has 0 unspecified atom stereocenters. The zero-order chi connectivity index (χ0) is 17.5. The lowest BCUT2D eigenvalue weighted by molar-refractivity contribution is -0.116. The smallest absolute Gasteiger partial charge is 0.251 e. The molecule has 0 saturated carbocycles. The van der Waals surface area contributed by atoms with E-state index in [1.54, 1.807) is 31.3 Å². The summed E-state index contributed by atoms with van der Waals surface area (Å²) < 4.78 is 5.65. The maximum absolute atomic E-state index is 11.9. The summed E-state index contributed by atoms with van der Waals surface area (Å²) in [7, 11) is 1.58. The van der Waals surface area contributed by atoms with Crippen LogP contribution in [0.5, 0.6) is 5.75 Å². The Bertz CT molecular complexity index is 724. The van der Waals surface area contributed by atoms with Crippen molar-refractivity contribution in [3.63, 3.8) is 0 Å². The van der Waals surface area contributed by atoms with Gasteiger partial charge in [-0.1, -0.05) is 17.7 Å². The van der Waals surface area contributed by atoms with Crippen molar-refractivity contribution in [2.45, 2.75) is 20.3 Å². The van der Waals surface area contributed by atoms with Gasteiger partial charge < -0.3 is 15.4 Å².